The number of rotatable bonds is 10. The van der Waals surface area contributed by atoms with Crippen molar-refractivity contribution in [2.75, 3.05) is 13.1 Å². The number of carboxylic acid groups (broad SMARTS) is 1. The van der Waals surface area contributed by atoms with Gasteiger partial charge in [0.2, 0.25) is 0 Å². The molecule has 3 nitrogen and oxygen atoms in total. The fraction of sp³-hybridized carbons (Fsp3) is 0.533. The van der Waals surface area contributed by atoms with Gasteiger partial charge in [-0.15, -0.1) is 19.7 Å². The number of carboxylic acids is 1. The van der Waals surface area contributed by atoms with Gasteiger partial charge in [-0.2, -0.15) is 0 Å². The highest BCUT2D eigenvalue weighted by atomic mass is 16.4. The van der Waals surface area contributed by atoms with Gasteiger partial charge in [-0.25, -0.2) is 0 Å². The predicted molar refractivity (Wildman–Crippen MR) is 76.6 cm³/mol. The minimum atomic E-state index is -0.918. The van der Waals surface area contributed by atoms with Gasteiger partial charge in [-0.1, -0.05) is 32.1 Å². The van der Waals surface area contributed by atoms with E-state index in [1.54, 1.807) is 18.2 Å². The molecule has 3 heteroatoms. The Morgan fingerprint density at radius 2 is 1.72 bits per heavy atom. The molecule has 102 valence electrons. The zero-order chi connectivity index (χ0) is 14.2. The normalized spacial score (nSPS) is 14.2. The van der Waals surface area contributed by atoms with Crippen LogP contribution in [0.4, 0.5) is 0 Å². The molecule has 0 radical (unpaired) electrons. The Kier molecular flexibility index (Phi) is 7.29. The fourth-order valence-corrected chi connectivity index (χ4v) is 2.30. The Hall–Kier alpha value is -1.35. The van der Waals surface area contributed by atoms with Gasteiger partial charge in [0.1, 0.15) is 5.54 Å². The van der Waals surface area contributed by atoms with E-state index < -0.39 is 11.5 Å². The summed E-state index contributed by atoms with van der Waals surface area (Å²) < 4.78 is 0. The molecule has 0 rings (SSSR count). The van der Waals surface area contributed by atoms with Gasteiger partial charge in [-0.3, -0.25) is 9.69 Å². The molecule has 0 heterocycles. The van der Waals surface area contributed by atoms with Crippen LogP contribution in [0.5, 0.6) is 0 Å². The highest BCUT2D eigenvalue weighted by Gasteiger charge is 2.42. The van der Waals surface area contributed by atoms with Crippen molar-refractivity contribution in [1.82, 2.24) is 4.90 Å². The van der Waals surface area contributed by atoms with Gasteiger partial charge >= 0.3 is 5.97 Å². The second kappa shape index (κ2) is 7.88. The van der Waals surface area contributed by atoms with Crippen molar-refractivity contribution >= 4 is 5.97 Å². The lowest BCUT2D eigenvalue weighted by molar-refractivity contribution is -0.152. The van der Waals surface area contributed by atoms with E-state index in [0.717, 1.165) is 0 Å². The third-order valence-corrected chi connectivity index (χ3v) is 2.93. The summed E-state index contributed by atoms with van der Waals surface area (Å²) in [6.07, 6.45) is 6.13. The molecule has 0 unspecified atom stereocenters. The monoisotopic (exact) mass is 251 g/mol. The highest BCUT2D eigenvalue weighted by molar-refractivity contribution is 5.79. The largest absolute Gasteiger partial charge is 0.480 e. The second-order valence-electron chi connectivity index (χ2n) is 4.91. The van der Waals surface area contributed by atoms with Crippen molar-refractivity contribution in [3.8, 4) is 0 Å². The van der Waals surface area contributed by atoms with Crippen molar-refractivity contribution in [1.29, 1.82) is 0 Å². The van der Waals surface area contributed by atoms with E-state index in [9.17, 15) is 9.90 Å². The zero-order valence-electron chi connectivity index (χ0n) is 11.6. The maximum absolute atomic E-state index is 11.8. The van der Waals surface area contributed by atoms with Crippen molar-refractivity contribution in [3.05, 3.63) is 38.0 Å². The van der Waals surface area contributed by atoms with Crippen LogP contribution in [-0.2, 0) is 4.79 Å². The number of nitrogens with zero attached hydrogens (tertiary/aromatic N) is 1. The van der Waals surface area contributed by atoms with Gasteiger partial charge in [0.05, 0.1) is 0 Å². The number of hydrogen-bond donors (Lipinski definition) is 1. The van der Waals surface area contributed by atoms with Gasteiger partial charge in [0.25, 0.3) is 0 Å². The Labute approximate surface area is 110 Å². The minimum absolute atomic E-state index is 0.290. The summed E-state index contributed by atoms with van der Waals surface area (Å²) in [5.41, 5.74) is -0.918. The summed E-state index contributed by atoms with van der Waals surface area (Å²) in [6, 6.07) is 0. The predicted octanol–water partition coefficient (Wildman–Crippen LogP) is 3.11. The maximum Gasteiger partial charge on any atom is 0.324 e. The maximum atomic E-state index is 11.8. The van der Waals surface area contributed by atoms with Gasteiger partial charge in [0.15, 0.2) is 0 Å². The first kappa shape index (κ1) is 16.6. The molecule has 0 spiro atoms. The average Bonchev–Trinajstić information content (AvgIpc) is 2.27. The molecule has 0 fully saturated rings. The summed E-state index contributed by atoms with van der Waals surface area (Å²) >= 11 is 0. The van der Waals surface area contributed by atoms with Crippen molar-refractivity contribution in [2.24, 2.45) is 5.92 Å². The summed E-state index contributed by atoms with van der Waals surface area (Å²) in [4.78, 5) is 13.7. The highest BCUT2D eigenvalue weighted by Crippen LogP contribution is 2.29. The van der Waals surface area contributed by atoms with Crippen LogP contribution in [0.1, 0.15) is 26.7 Å². The first-order chi connectivity index (χ1) is 8.44. The fourth-order valence-electron chi connectivity index (χ4n) is 2.30. The standard InChI is InChI=1S/C15H25NO2/c1-6-9-15(14(17)18,12-13(4)5)16(10-7-2)11-8-3/h6-8,13H,1-3,9-12H2,4-5H3,(H,17,18)/t15-/m0/s1. The average molecular weight is 251 g/mol. The molecular weight excluding hydrogens is 226 g/mol. The summed E-state index contributed by atoms with van der Waals surface area (Å²) in [7, 11) is 0. The molecule has 0 aliphatic rings. The van der Waals surface area contributed by atoms with E-state index in [1.807, 2.05) is 18.7 Å². The van der Waals surface area contributed by atoms with E-state index in [1.165, 1.54) is 0 Å². The van der Waals surface area contributed by atoms with E-state index in [0.29, 0.717) is 25.9 Å². The third kappa shape index (κ3) is 4.15. The van der Waals surface area contributed by atoms with Crippen LogP contribution in [0.25, 0.3) is 0 Å². The zero-order valence-corrected chi connectivity index (χ0v) is 11.6. The molecule has 0 aliphatic carbocycles. The van der Waals surface area contributed by atoms with E-state index >= 15 is 0 Å². The van der Waals surface area contributed by atoms with Gasteiger partial charge < -0.3 is 5.11 Å². The minimum Gasteiger partial charge on any atom is -0.480 e. The van der Waals surface area contributed by atoms with E-state index in [4.69, 9.17) is 0 Å². The number of carbonyl (C=O) groups is 1. The Balaban J connectivity index is 5.44. The first-order valence-electron chi connectivity index (χ1n) is 6.25. The van der Waals surface area contributed by atoms with Gasteiger partial charge in [-0.05, 0) is 18.8 Å². The summed E-state index contributed by atoms with van der Waals surface area (Å²) in [5, 5.41) is 9.67. The molecule has 0 aromatic rings. The molecule has 0 aromatic carbocycles. The lowest BCUT2D eigenvalue weighted by Gasteiger charge is -2.40. The molecule has 1 N–H and O–H groups in total. The van der Waals surface area contributed by atoms with Crippen LogP contribution < -0.4 is 0 Å². The van der Waals surface area contributed by atoms with Crippen molar-refractivity contribution < 1.29 is 9.90 Å². The van der Waals surface area contributed by atoms with Crippen LogP contribution in [0, 0.1) is 5.92 Å². The molecule has 0 saturated heterocycles. The van der Waals surface area contributed by atoms with Crippen LogP contribution in [0.15, 0.2) is 38.0 Å². The first-order valence-corrected chi connectivity index (χ1v) is 6.25. The Morgan fingerprint density at radius 1 is 1.22 bits per heavy atom. The third-order valence-electron chi connectivity index (χ3n) is 2.93. The lowest BCUT2D eigenvalue weighted by atomic mass is 9.83. The number of aliphatic carboxylic acids is 1. The smallest absolute Gasteiger partial charge is 0.324 e. The van der Waals surface area contributed by atoms with Crippen molar-refractivity contribution in [3.63, 3.8) is 0 Å². The van der Waals surface area contributed by atoms with Crippen LogP contribution in [-0.4, -0.2) is 34.6 Å². The van der Waals surface area contributed by atoms with Gasteiger partial charge in [0, 0.05) is 13.1 Å². The quantitative estimate of drug-likeness (QED) is 0.606. The topological polar surface area (TPSA) is 40.5 Å². The summed E-state index contributed by atoms with van der Waals surface area (Å²) in [6.45, 7) is 16.2. The van der Waals surface area contributed by atoms with Crippen LogP contribution in [0.3, 0.4) is 0 Å². The molecule has 0 aliphatic heterocycles. The molecule has 0 bridgehead atoms. The molecule has 0 saturated carbocycles. The Bertz CT molecular complexity index is 300. The molecule has 18 heavy (non-hydrogen) atoms. The number of hydrogen-bond acceptors (Lipinski definition) is 2. The molecular formula is C15H25NO2. The molecule has 0 amide bonds. The van der Waals surface area contributed by atoms with Crippen LogP contribution >= 0.6 is 0 Å². The second-order valence-corrected chi connectivity index (χ2v) is 4.91. The Morgan fingerprint density at radius 3 is 2.00 bits per heavy atom. The van der Waals surface area contributed by atoms with Crippen molar-refractivity contribution in [2.45, 2.75) is 32.2 Å². The molecule has 1 atom stereocenters. The van der Waals surface area contributed by atoms with E-state index in [-0.39, 0.29) is 5.92 Å². The lowest BCUT2D eigenvalue weighted by Crippen LogP contribution is -2.55. The SMILES string of the molecule is C=CCN(CC=C)[C@@](CC=C)(CC(C)C)C(=O)O. The van der Waals surface area contributed by atoms with Crippen LogP contribution in [0.2, 0.25) is 0 Å². The molecule has 0 aromatic heterocycles. The summed E-state index contributed by atoms with van der Waals surface area (Å²) in [5.74, 6) is -0.516. The van der Waals surface area contributed by atoms with E-state index in [2.05, 4.69) is 19.7 Å².